The highest BCUT2D eigenvalue weighted by molar-refractivity contribution is 5.41. The van der Waals surface area contributed by atoms with Crippen molar-refractivity contribution in [3.05, 3.63) is 77.9 Å². The molecule has 3 aliphatic carbocycles. The van der Waals surface area contributed by atoms with Crippen LogP contribution in [-0.4, -0.2) is 17.7 Å². The first-order valence-corrected chi connectivity index (χ1v) is 11.9. The monoisotopic (exact) mass is 434 g/mol. The number of fused-ring (bicyclic) bond motifs is 5. The van der Waals surface area contributed by atoms with Crippen molar-refractivity contribution < 1.29 is 14.6 Å². The Morgan fingerprint density at radius 3 is 2.44 bits per heavy atom. The van der Waals surface area contributed by atoms with E-state index in [0.29, 0.717) is 30.0 Å². The van der Waals surface area contributed by atoms with Crippen LogP contribution in [0, 0.1) is 24.2 Å². The van der Waals surface area contributed by atoms with Gasteiger partial charge in [0.2, 0.25) is 0 Å². The van der Waals surface area contributed by atoms with Gasteiger partial charge in [-0.15, -0.1) is 6.58 Å². The van der Waals surface area contributed by atoms with Crippen LogP contribution in [-0.2, 0) is 16.0 Å². The molecule has 3 nitrogen and oxygen atoms in total. The number of ether oxygens (including phenoxy) is 1. The van der Waals surface area contributed by atoms with Gasteiger partial charge in [-0.1, -0.05) is 55.0 Å². The van der Waals surface area contributed by atoms with Crippen LogP contribution >= 0.6 is 0 Å². The van der Waals surface area contributed by atoms with E-state index in [1.807, 2.05) is 37.3 Å². The quantitative estimate of drug-likeness (QED) is 0.410. The zero-order valence-corrected chi connectivity index (χ0v) is 19.8. The number of rotatable bonds is 2. The van der Waals surface area contributed by atoms with Crippen molar-refractivity contribution in [3.63, 3.8) is 0 Å². The first kappa shape index (κ1) is 24.1. The molecule has 2 aromatic rings. The molecular formula is C29H38O3. The van der Waals surface area contributed by atoms with Crippen LogP contribution in [0.4, 0.5) is 0 Å². The molecule has 32 heavy (non-hydrogen) atoms. The summed E-state index contributed by atoms with van der Waals surface area (Å²) in [5, 5.41) is 9.72. The molecular weight excluding hydrogens is 396 g/mol. The summed E-state index contributed by atoms with van der Waals surface area (Å²) in [7, 11) is 0. The number of benzene rings is 2. The van der Waals surface area contributed by atoms with Crippen LogP contribution in [0.25, 0.3) is 0 Å². The molecule has 0 aromatic heterocycles. The molecule has 0 heterocycles. The van der Waals surface area contributed by atoms with Gasteiger partial charge < -0.3 is 9.84 Å². The van der Waals surface area contributed by atoms with Crippen molar-refractivity contribution in [2.24, 2.45) is 17.3 Å². The van der Waals surface area contributed by atoms with Gasteiger partial charge in [0.1, 0.15) is 11.9 Å². The van der Waals surface area contributed by atoms with E-state index in [-0.39, 0.29) is 11.5 Å². The highest BCUT2D eigenvalue weighted by atomic mass is 16.5. The summed E-state index contributed by atoms with van der Waals surface area (Å²) in [4.78, 5) is 10.8. The smallest absolute Gasteiger partial charge is 0.293 e. The molecule has 3 heteroatoms. The van der Waals surface area contributed by atoms with Crippen molar-refractivity contribution in [2.75, 3.05) is 0 Å². The molecule has 5 atom stereocenters. The van der Waals surface area contributed by atoms with Crippen molar-refractivity contribution in [2.45, 2.75) is 71.3 Å². The molecule has 0 aliphatic heterocycles. The van der Waals surface area contributed by atoms with E-state index in [0.717, 1.165) is 19.3 Å². The summed E-state index contributed by atoms with van der Waals surface area (Å²) in [5.41, 5.74) is 4.28. The number of allylic oxidation sites excluding steroid dienone is 1. The third-order valence-corrected chi connectivity index (χ3v) is 7.78. The lowest BCUT2D eigenvalue weighted by molar-refractivity contribution is -0.141. The molecule has 0 radical (unpaired) electrons. The maximum atomic E-state index is 10.8. The molecule has 2 fully saturated rings. The lowest BCUT2D eigenvalue weighted by Gasteiger charge is -2.50. The van der Waals surface area contributed by atoms with E-state index in [4.69, 9.17) is 4.74 Å². The fourth-order valence-electron chi connectivity index (χ4n) is 6.35. The van der Waals surface area contributed by atoms with Gasteiger partial charge in [0, 0.05) is 5.41 Å². The SMILES string of the molecule is C=CC.CC12CCC3c4ccc(O)cc4CCC3C1CCC2OC=O.Cc1ccccc1. The maximum absolute atomic E-state index is 10.8. The summed E-state index contributed by atoms with van der Waals surface area (Å²) < 4.78 is 5.43. The Bertz CT molecular complexity index is 891. The van der Waals surface area contributed by atoms with Gasteiger partial charge >= 0.3 is 0 Å². The minimum atomic E-state index is 0.108. The van der Waals surface area contributed by atoms with E-state index in [1.165, 1.54) is 36.0 Å². The standard InChI is InChI=1S/C19H24O3.C7H8.C3H6/c1-19-9-8-15-14-5-3-13(21)10-12(14)2-4-16(15)17(19)6-7-18(19)22-11-20;1-7-5-3-2-4-6-7;1-3-2/h3,5,10-11,15-18,21H,2,4,6-9H2,1H3;2-6H,1H3;3H,1H2,2H3. The average molecular weight is 435 g/mol. The number of hydrogen-bond donors (Lipinski definition) is 1. The molecule has 0 saturated heterocycles. The predicted octanol–water partition coefficient (Wildman–Crippen LogP) is 6.98. The summed E-state index contributed by atoms with van der Waals surface area (Å²) in [6, 6.07) is 16.2. The third-order valence-electron chi connectivity index (χ3n) is 7.78. The zero-order chi connectivity index (χ0) is 23.1. The van der Waals surface area contributed by atoms with Crippen LogP contribution < -0.4 is 0 Å². The van der Waals surface area contributed by atoms with Crippen LogP contribution in [0.1, 0.15) is 68.6 Å². The molecule has 2 aromatic carbocycles. The van der Waals surface area contributed by atoms with Crippen molar-refractivity contribution >= 4 is 6.47 Å². The third kappa shape index (κ3) is 5.09. The van der Waals surface area contributed by atoms with Gasteiger partial charge in [0.15, 0.2) is 0 Å². The number of aromatic hydroxyl groups is 1. The zero-order valence-electron chi connectivity index (χ0n) is 19.8. The first-order chi connectivity index (χ1) is 15.4. The Kier molecular flexibility index (Phi) is 8.17. The second kappa shape index (κ2) is 10.8. The van der Waals surface area contributed by atoms with Crippen LogP contribution in [0.15, 0.2) is 61.2 Å². The Morgan fingerprint density at radius 1 is 1.09 bits per heavy atom. The highest BCUT2D eigenvalue weighted by Gasteiger charge is 2.55. The minimum Gasteiger partial charge on any atom is -0.508 e. The number of aryl methyl sites for hydroxylation is 2. The van der Waals surface area contributed by atoms with Gasteiger partial charge in [0.05, 0.1) is 0 Å². The summed E-state index contributed by atoms with van der Waals surface area (Å²) in [6.07, 6.45) is 8.64. The molecule has 1 N–H and O–H groups in total. The van der Waals surface area contributed by atoms with Crippen molar-refractivity contribution in [1.82, 2.24) is 0 Å². The van der Waals surface area contributed by atoms with Gasteiger partial charge in [-0.2, -0.15) is 0 Å². The maximum Gasteiger partial charge on any atom is 0.293 e. The summed E-state index contributed by atoms with van der Waals surface area (Å²) in [5.74, 6) is 2.38. The predicted molar refractivity (Wildman–Crippen MR) is 131 cm³/mol. The fourth-order valence-corrected chi connectivity index (χ4v) is 6.35. The summed E-state index contributed by atoms with van der Waals surface area (Å²) in [6.45, 7) is 10.3. The lowest BCUT2D eigenvalue weighted by atomic mass is 9.55. The number of phenolic OH excluding ortho intramolecular Hbond substituents is 1. The number of carbonyl (C=O) groups is 1. The van der Waals surface area contributed by atoms with Crippen LogP contribution in [0.5, 0.6) is 5.75 Å². The second-order valence-corrected chi connectivity index (χ2v) is 9.70. The second-order valence-electron chi connectivity index (χ2n) is 9.70. The molecule has 0 amide bonds. The van der Waals surface area contributed by atoms with Crippen LogP contribution in [0.2, 0.25) is 0 Å². The Balaban J connectivity index is 0.000000242. The van der Waals surface area contributed by atoms with Crippen LogP contribution in [0.3, 0.4) is 0 Å². The van der Waals surface area contributed by atoms with Crippen molar-refractivity contribution in [1.29, 1.82) is 0 Å². The largest absolute Gasteiger partial charge is 0.508 e. The molecule has 2 saturated carbocycles. The summed E-state index contributed by atoms with van der Waals surface area (Å²) >= 11 is 0. The van der Waals surface area contributed by atoms with Gasteiger partial charge in [-0.05, 0) is 93.4 Å². The first-order valence-electron chi connectivity index (χ1n) is 11.9. The van der Waals surface area contributed by atoms with E-state index >= 15 is 0 Å². The van der Waals surface area contributed by atoms with Gasteiger partial charge in [-0.3, -0.25) is 4.79 Å². The molecule has 5 unspecified atom stereocenters. The topological polar surface area (TPSA) is 46.5 Å². The van der Waals surface area contributed by atoms with E-state index in [9.17, 15) is 9.90 Å². The number of carbonyl (C=O) groups excluding carboxylic acids is 1. The number of phenols is 1. The normalized spacial score (nSPS) is 29.5. The number of hydrogen-bond acceptors (Lipinski definition) is 3. The fraction of sp³-hybridized carbons (Fsp3) is 0.483. The molecule has 3 aliphatic rings. The molecule has 5 rings (SSSR count). The average Bonchev–Trinajstić information content (AvgIpc) is 3.11. The van der Waals surface area contributed by atoms with Crippen molar-refractivity contribution in [3.8, 4) is 5.75 Å². The van der Waals surface area contributed by atoms with E-state index < -0.39 is 0 Å². The lowest BCUT2D eigenvalue weighted by Crippen LogP contribution is -2.44. The van der Waals surface area contributed by atoms with E-state index in [2.05, 4.69) is 38.6 Å². The molecule has 0 spiro atoms. The molecule has 0 bridgehead atoms. The Hall–Kier alpha value is -2.55. The Labute approximate surface area is 193 Å². The molecule has 172 valence electrons. The van der Waals surface area contributed by atoms with Gasteiger partial charge in [0.25, 0.3) is 6.47 Å². The van der Waals surface area contributed by atoms with Gasteiger partial charge in [-0.25, -0.2) is 0 Å². The minimum absolute atomic E-state index is 0.108. The Morgan fingerprint density at radius 2 is 1.81 bits per heavy atom. The van der Waals surface area contributed by atoms with E-state index in [1.54, 1.807) is 6.08 Å². The highest BCUT2D eigenvalue weighted by Crippen LogP contribution is 2.61.